The zero-order valence-electron chi connectivity index (χ0n) is 16.9. The highest BCUT2D eigenvalue weighted by Crippen LogP contribution is 2.34. The summed E-state index contributed by atoms with van der Waals surface area (Å²) in [6.45, 7) is 5.39. The monoisotopic (exact) mass is 374 g/mol. The van der Waals surface area contributed by atoms with Gasteiger partial charge in [0.2, 0.25) is 0 Å². The molecule has 0 radical (unpaired) electrons. The third kappa shape index (κ3) is 6.11. The number of rotatable bonds is 9. The normalized spacial score (nSPS) is 24.4. The summed E-state index contributed by atoms with van der Waals surface area (Å²) >= 11 is 0. The number of guanidine groups is 1. The van der Waals surface area contributed by atoms with Crippen LogP contribution in [0.15, 0.2) is 29.3 Å². The van der Waals surface area contributed by atoms with Crippen molar-refractivity contribution in [1.29, 1.82) is 0 Å². The minimum atomic E-state index is 0.350. The zero-order valence-corrected chi connectivity index (χ0v) is 16.9. The van der Waals surface area contributed by atoms with E-state index in [-0.39, 0.29) is 0 Å². The minimum Gasteiger partial charge on any atom is -0.494 e. The van der Waals surface area contributed by atoms with E-state index >= 15 is 0 Å². The van der Waals surface area contributed by atoms with Crippen LogP contribution >= 0.6 is 0 Å². The van der Waals surface area contributed by atoms with Crippen molar-refractivity contribution in [2.24, 2.45) is 4.99 Å². The summed E-state index contributed by atoms with van der Waals surface area (Å²) in [6, 6.07) is 8.64. The van der Waals surface area contributed by atoms with Gasteiger partial charge in [0.15, 0.2) is 5.96 Å². The Bertz CT molecular complexity index is 603. The number of hydrogen-bond donors (Lipinski definition) is 2. The van der Waals surface area contributed by atoms with E-state index in [1.165, 1.54) is 12.0 Å². The highest BCUT2D eigenvalue weighted by atomic mass is 16.5. The second kappa shape index (κ2) is 9.95. The summed E-state index contributed by atoms with van der Waals surface area (Å²) < 4.78 is 11.7. The molecule has 1 aromatic rings. The molecule has 3 rings (SSSR count). The number of nitrogens with zero attached hydrogens (tertiary/aromatic N) is 2. The molecule has 2 aliphatic rings. The molecular weight excluding hydrogens is 340 g/mol. The fourth-order valence-electron chi connectivity index (χ4n) is 3.72. The van der Waals surface area contributed by atoms with Crippen molar-refractivity contribution in [3.8, 4) is 5.75 Å². The molecule has 6 nitrogen and oxygen atoms in total. The second-order valence-corrected chi connectivity index (χ2v) is 7.70. The predicted octanol–water partition coefficient (Wildman–Crippen LogP) is 2.39. The highest BCUT2D eigenvalue weighted by molar-refractivity contribution is 5.80. The Labute approximate surface area is 163 Å². The van der Waals surface area contributed by atoms with Gasteiger partial charge in [-0.2, -0.15) is 0 Å². The molecule has 1 aromatic carbocycles. The lowest BCUT2D eigenvalue weighted by atomic mass is 9.96. The number of fused-ring (bicyclic) bond motifs is 2. The van der Waals surface area contributed by atoms with E-state index in [2.05, 4.69) is 48.7 Å². The van der Waals surface area contributed by atoms with Crippen molar-refractivity contribution < 1.29 is 9.47 Å². The van der Waals surface area contributed by atoms with E-state index < -0.39 is 0 Å². The van der Waals surface area contributed by atoms with Gasteiger partial charge < -0.3 is 25.0 Å². The number of benzene rings is 1. The third-order valence-electron chi connectivity index (χ3n) is 5.13. The average molecular weight is 375 g/mol. The lowest BCUT2D eigenvalue weighted by Crippen LogP contribution is -2.47. The molecule has 27 heavy (non-hydrogen) atoms. The maximum Gasteiger partial charge on any atom is 0.191 e. The van der Waals surface area contributed by atoms with Crippen molar-refractivity contribution in [1.82, 2.24) is 15.5 Å². The summed E-state index contributed by atoms with van der Waals surface area (Å²) in [7, 11) is 4.16. The number of aliphatic imine (C=N–C) groups is 1. The molecule has 3 unspecified atom stereocenters. The predicted molar refractivity (Wildman–Crippen MR) is 109 cm³/mol. The number of nitrogens with one attached hydrogen (secondary N) is 2. The highest BCUT2D eigenvalue weighted by Gasteiger charge is 2.41. The Morgan fingerprint density at radius 3 is 2.70 bits per heavy atom. The Hall–Kier alpha value is -1.79. The quantitative estimate of drug-likeness (QED) is 0.395. The van der Waals surface area contributed by atoms with Crippen molar-refractivity contribution in [2.75, 3.05) is 33.8 Å². The molecule has 0 amide bonds. The van der Waals surface area contributed by atoms with Crippen LogP contribution < -0.4 is 15.4 Å². The number of ether oxygens (including phenoxy) is 2. The lowest BCUT2D eigenvalue weighted by molar-refractivity contribution is 0.0992. The molecule has 3 atom stereocenters. The van der Waals surface area contributed by atoms with Gasteiger partial charge in [0, 0.05) is 13.1 Å². The number of hydrogen-bond acceptors (Lipinski definition) is 4. The van der Waals surface area contributed by atoms with Crippen molar-refractivity contribution in [3.63, 3.8) is 0 Å². The average Bonchev–Trinajstić information content (AvgIpc) is 3.27. The Kier molecular flexibility index (Phi) is 7.35. The van der Waals surface area contributed by atoms with E-state index in [1.54, 1.807) is 0 Å². The smallest absolute Gasteiger partial charge is 0.191 e. The maximum atomic E-state index is 5.93. The first-order chi connectivity index (χ1) is 13.1. The van der Waals surface area contributed by atoms with E-state index in [9.17, 15) is 0 Å². The summed E-state index contributed by atoms with van der Waals surface area (Å²) in [5, 5.41) is 6.91. The molecule has 2 saturated heterocycles. The Balaban J connectivity index is 1.47. The maximum absolute atomic E-state index is 5.93. The summed E-state index contributed by atoms with van der Waals surface area (Å²) in [5.41, 5.74) is 1.18. The molecule has 2 aliphatic heterocycles. The molecule has 2 heterocycles. The van der Waals surface area contributed by atoms with Crippen LogP contribution in [0, 0.1) is 0 Å². The van der Waals surface area contributed by atoms with Gasteiger partial charge in [0.1, 0.15) is 5.75 Å². The lowest BCUT2D eigenvalue weighted by Gasteiger charge is -2.22. The molecule has 2 bridgehead atoms. The topological polar surface area (TPSA) is 58.1 Å². The van der Waals surface area contributed by atoms with Gasteiger partial charge in [-0.25, -0.2) is 4.99 Å². The van der Waals surface area contributed by atoms with Gasteiger partial charge >= 0.3 is 0 Å². The van der Waals surface area contributed by atoms with E-state index in [0.29, 0.717) is 24.8 Å². The molecule has 0 aliphatic carbocycles. The van der Waals surface area contributed by atoms with Crippen LogP contribution in [0.25, 0.3) is 0 Å². The second-order valence-electron chi connectivity index (χ2n) is 7.70. The Morgan fingerprint density at radius 2 is 2.07 bits per heavy atom. The van der Waals surface area contributed by atoms with Gasteiger partial charge in [-0.15, -0.1) is 0 Å². The van der Waals surface area contributed by atoms with Gasteiger partial charge in [-0.3, -0.25) is 0 Å². The zero-order chi connectivity index (χ0) is 19.1. The SMILES string of the molecule is CCNC(=NCc1ccc(OCCCN(C)C)cc1)NC1CC2CCC1O2. The van der Waals surface area contributed by atoms with Crippen LogP contribution in [0.3, 0.4) is 0 Å². The summed E-state index contributed by atoms with van der Waals surface area (Å²) in [5.74, 6) is 1.80. The van der Waals surface area contributed by atoms with Crippen LogP contribution in [0.4, 0.5) is 0 Å². The van der Waals surface area contributed by atoms with Crippen LogP contribution in [0.1, 0.15) is 38.2 Å². The molecule has 6 heteroatoms. The van der Waals surface area contributed by atoms with Crippen LogP contribution in [-0.2, 0) is 11.3 Å². The summed E-state index contributed by atoms with van der Waals surface area (Å²) in [6.07, 6.45) is 5.29. The first-order valence-electron chi connectivity index (χ1n) is 10.2. The van der Waals surface area contributed by atoms with E-state index in [1.807, 2.05) is 12.1 Å². The van der Waals surface area contributed by atoms with Gasteiger partial charge in [0.25, 0.3) is 0 Å². The first-order valence-corrected chi connectivity index (χ1v) is 10.2. The fourth-order valence-corrected chi connectivity index (χ4v) is 3.72. The molecule has 0 spiro atoms. The van der Waals surface area contributed by atoms with Crippen LogP contribution in [0.5, 0.6) is 5.75 Å². The van der Waals surface area contributed by atoms with Crippen molar-refractivity contribution >= 4 is 5.96 Å². The fraction of sp³-hybridized carbons (Fsp3) is 0.667. The molecule has 0 saturated carbocycles. The van der Waals surface area contributed by atoms with E-state index in [0.717, 1.165) is 50.7 Å². The van der Waals surface area contributed by atoms with Crippen molar-refractivity contribution in [2.45, 2.75) is 57.4 Å². The Morgan fingerprint density at radius 1 is 1.26 bits per heavy atom. The molecule has 0 aromatic heterocycles. The van der Waals surface area contributed by atoms with E-state index in [4.69, 9.17) is 14.5 Å². The standard InChI is InChI=1S/C21H34N4O2/c1-4-22-21(24-19-14-18-10-11-20(19)27-18)23-15-16-6-8-17(9-7-16)26-13-5-12-25(2)3/h6-9,18-20H,4-5,10-15H2,1-3H3,(H2,22,23,24). The van der Waals surface area contributed by atoms with Crippen LogP contribution in [-0.4, -0.2) is 62.9 Å². The van der Waals surface area contributed by atoms with Gasteiger partial charge in [-0.05, 0) is 64.4 Å². The first kappa shape index (κ1) is 20.0. The summed E-state index contributed by atoms with van der Waals surface area (Å²) in [4.78, 5) is 6.92. The van der Waals surface area contributed by atoms with Crippen molar-refractivity contribution in [3.05, 3.63) is 29.8 Å². The molecule has 2 fully saturated rings. The van der Waals surface area contributed by atoms with Gasteiger partial charge in [-0.1, -0.05) is 12.1 Å². The largest absolute Gasteiger partial charge is 0.494 e. The molecule has 150 valence electrons. The molecule has 2 N–H and O–H groups in total. The third-order valence-corrected chi connectivity index (χ3v) is 5.13. The minimum absolute atomic E-state index is 0.350. The van der Waals surface area contributed by atoms with Gasteiger partial charge in [0.05, 0.1) is 31.4 Å². The molecular formula is C21H34N4O2. The van der Waals surface area contributed by atoms with Crippen LogP contribution in [0.2, 0.25) is 0 Å².